The highest BCUT2D eigenvalue weighted by Crippen LogP contribution is 2.50. The fourth-order valence-corrected chi connectivity index (χ4v) is 3.77. The number of anilines is 1. The van der Waals surface area contributed by atoms with Crippen molar-refractivity contribution in [3.63, 3.8) is 0 Å². The van der Waals surface area contributed by atoms with Crippen LogP contribution in [-0.2, 0) is 4.74 Å². The SMILES string of the molecule is Nc1ncnc2c1ccn2[C@@H]1C[C@]2(CCOC2)[C@@H](O)[C@H]1O. The van der Waals surface area contributed by atoms with Gasteiger partial charge in [-0.2, -0.15) is 0 Å². The quantitative estimate of drug-likeness (QED) is 0.687. The molecule has 1 aliphatic carbocycles. The Hall–Kier alpha value is -1.70. The van der Waals surface area contributed by atoms with Crippen molar-refractivity contribution in [3.05, 3.63) is 18.6 Å². The van der Waals surface area contributed by atoms with Gasteiger partial charge in [0.05, 0.1) is 24.1 Å². The highest BCUT2D eigenvalue weighted by Gasteiger charge is 2.55. The first-order valence-corrected chi connectivity index (χ1v) is 7.13. The Bertz CT molecular complexity index is 680. The van der Waals surface area contributed by atoms with E-state index < -0.39 is 12.2 Å². The third-order valence-corrected chi connectivity index (χ3v) is 4.99. The van der Waals surface area contributed by atoms with Crippen molar-refractivity contribution in [2.45, 2.75) is 31.1 Å². The summed E-state index contributed by atoms with van der Waals surface area (Å²) in [5, 5.41) is 21.7. The molecule has 0 bridgehead atoms. The number of fused-ring (bicyclic) bond motifs is 1. The Kier molecular flexibility index (Phi) is 2.72. The molecule has 0 amide bonds. The van der Waals surface area contributed by atoms with Gasteiger partial charge < -0.3 is 25.3 Å². The maximum absolute atomic E-state index is 10.5. The molecule has 2 aromatic heterocycles. The predicted octanol–water partition coefficient (Wildman–Crippen LogP) is 0.0868. The molecule has 4 atom stereocenters. The van der Waals surface area contributed by atoms with E-state index in [1.54, 1.807) is 0 Å². The van der Waals surface area contributed by atoms with Crippen molar-refractivity contribution < 1.29 is 14.9 Å². The lowest BCUT2D eigenvalue weighted by atomic mass is 9.83. The molecule has 7 heteroatoms. The molecule has 0 unspecified atom stereocenters. The summed E-state index contributed by atoms with van der Waals surface area (Å²) < 4.78 is 7.34. The first-order valence-electron chi connectivity index (χ1n) is 7.13. The average Bonchev–Trinajstić information content (AvgIpc) is 3.16. The lowest BCUT2D eigenvalue weighted by molar-refractivity contribution is -0.0303. The van der Waals surface area contributed by atoms with E-state index in [9.17, 15) is 10.2 Å². The van der Waals surface area contributed by atoms with E-state index in [4.69, 9.17) is 10.5 Å². The van der Waals surface area contributed by atoms with E-state index in [1.165, 1.54) is 6.33 Å². The van der Waals surface area contributed by atoms with Gasteiger partial charge in [0.2, 0.25) is 0 Å². The van der Waals surface area contributed by atoms with Crippen LogP contribution in [-0.4, -0.2) is 50.2 Å². The monoisotopic (exact) mass is 290 g/mol. The molecule has 1 saturated heterocycles. The molecule has 4 N–H and O–H groups in total. The van der Waals surface area contributed by atoms with Crippen molar-refractivity contribution >= 4 is 16.9 Å². The molecule has 7 nitrogen and oxygen atoms in total. The van der Waals surface area contributed by atoms with Crippen molar-refractivity contribution in [3.8, 4) is 0 Å². The van der Waals surface area contributed by atoms with Gasteiger partial charge in [-0.15, -0.1) is 0 Å². The van der Waals surface area contributed by atoms with Gasteiger partial charge >= 0.3 is 0 Å². The molecule has 2 aromatic rings. The second-order valence-electron chi connectivity index (χ2n) is 6.09. The second-order valence-corrected chi connectivity index (χ2v) is 6.09. The fraction of sp³-hybridized carbons (Fsp3) is 0.571. The zero-order valence-electron chi connectivity index (χ0n) is 11.5. The molecule has 1 spiro atoms. The number of nitrogens with zero attached hydrogens (tertiary/aromatic N) is 3. The van der Waals surface area contributed by atoms with Crippen LogP contribution >= 0.6 is 0 Å². The summed E-state index contributed by atoms with van der Waals surface area (Å²) in [6.07, 6.45) is 3.10. The number of hydrogen-bond acceptors (Lipinski definition) is 6. The zero-order valence-corrected chi connectivity index (χ0v) is 11.5. The first-order chi connectivity index (χ1) is 10.1. The third kappa shape index (κ3) is 1.71. The minimum absolute atomic E-state index is 0.228. The summed E-state index contributed by atoms with van der Waals surface area (Å²) in [6, 6.07) is 1.62. The van der Waals surface area contributed by atoms with E-state index in [-0.39, 0.29) is 11.5 Å². The summed E-state index contributed by atoms with van der Waals surface area (Å²) in [5.41, 5.74) is 6.19. The van der Waals surface area contributed by atoms with E-state index in [0.29, 0.717) is 31.1 Å². The summed E-state index contributed by atoms with van der Waals surface area (Å²) in [7, 11) is 0. The largest absolute Gasteiger partial charge is 0.390 e. The van der Waals surface area contributed by atoms with Crippen LogP contribution in [0.3, 0.4) is 0 Å². The van der Waals surface area contributed by atoms with Gasteiger partial charge in [0.1, 0.15) is 23.9 Å². The van der Waals surface area contributed by atoms with Gasteiger partial charge in [-0.25, -0.2) is 9.97 Å². The van der Waals surface area contributed by atoms with Crippen LogP contribution < -0.4 is 5.73 Å². The number of nitrogen functional groups attached to an aromatic ring is 1. The molecule has 0 aromatic carbocycles. The highest BCUT2D eigenvalue weighted by atomic mass is 16.5. The van der Waals surface area contributed by atoms with Crippen LogP contribution in [0.15, 0.2) is 18.6 Å². The van der Waals surface area contributed by atoms with Crippen LogP contribution in [0.2, 0.25) is 0 Å². The van der Waals surface area contributed by atoms with E-state index in [2.05, 4.69) is 9.97 Å². The van der Waals surface area contributed by atoms with E-state index >= 15 is 0 Å². The molecule has 0 radical (unpaired) electrons. The number of rotatable bonds is 1. The Labute approximate surface area is 121 Å². The molecule has 3 heterocycles. The summed E-state index contributed by atoms with van der Waals surface area (Å²) in [4.78, 5) is 8.24. The second kappa shape index (κ2) is 4.40. The molecular formula is C14H18N4O3. The number of aliphatic hydroxyl groups is 2. The van der Waals surface area contributed by atoms with Crippen molar-refractivity contribution in [1.82, 2.24) is 14.5 Å². The Morgan fingerprint density at radius 2 is 2.24 bits per heavy atom. The van der Waals surface area contributed by atoms with Gasteiger partial charge in [0.15, 0.2) is 0 Å². The zero-order chi connectivity index (χ0) is 14.6. The van der Waals surface area contributed by atoms with Crippen molar-refractivity contribution in [2.24, 2.45) is 5.41 Å². The molecule has 1 aliphatic heterocycles. The maximum Gasteiger partial charge on any atom is 0.145 e. The molecule has 2 aliphatic rings. The first kappa shape index (κ1) is 13.0. The number of aromatic nitrogens is 3. The number of nitrogens with two attached hydrogens (primary N) is 1. The number of hydrogen-bond donors (Lipinski definition) is 3. The normalized spacial score (nSPS) is 36.0. The minimum Gasteiger partial charge on any atom is -0.390 e. The van der Waals surface area contributed by atoms with Crippen LogP contribution in [0.25, 0.3) is 11.0 Å². The van der Waals surface area contributed by atoms with Crippen molar-refractivity contribution in [2.75, 3.05) is 18.9 Å². The molecule has 1 saturated carbocycles. The van der Waals surface area contributed by atoms with Crippen molar-refractivity contribution in [1.29, 1.82) is 0 Å². The molecule has 21 heavy (non-hydrogen) atoms. The lowest BCUT2D eigenvalue weighted by Gasteiger charge is -2.25. The number of ether oxygens (including phenoxy) is 1. The van der Waals surface area contributed by atoms with Crippen LogP contribution in [0, 0.1) is 5.41 Å². The molecule has 2 fully saturated rings. The summed E-state index contributed by atoms with van der Waals surface area (Å²) in [6.45, 7) is 1.14. The summed E-state index contributed by atoms with van der Waals surface area (Å²) in [5.74, 6) is 0.422. The van der Waals surface area contributed by atoms with Crippen LogP contribution in [0.4, 0.5) is 5.82 Å². The van der Waals surface area contributed by atoms with Crippen LogP contribution in [0.5, 0.6) is 0 Å². The summed E-state index contributed by atoms with van der Waals surface area (Å²) >= 11 is 0. The predicted molar refractivity (Wildman–Crippen MR) is 75.5 cm³/mol. The Morgan fingerprint density at radius 3 is 3.00 bits per heavy atom. The van der Waals surface area contributed by atoms with Gasteiger partial charge in [0, 0.05) is 18.2 Å². The standard InChI is InChI=1S/C14H18N4O3/c15-12-8-1-3-18(13(8)17-7-16-12)9-5-14(2-4-21-6-14)11(20)10(9)19/h1,3,7,9-11,19-20H,2,4-6H2,(H2,15,16,17)/t9-,10+,11+,14+/m1/s1. The van der Waals surface area contributed by atoms with Gasteiger partial charge in [-0.1, -0.05) is 0 Å². The van der Waals surface area contributed by atoms with E-state index in [1.807, 2.05) is 16.8 Å². The number of aliphatic hydroxyl groups excluding tert-OH is 2. The topological polar surface area (TPSA) is 106 Å². The minimum atomic E-state index is -0.835. The third-order valence-electron chi connectivity index (χ3n) is 4.99. The molecule has 4 rings (SSSR count). The van der Waals surface area contributed by atoms with Crippen LogP contribution in [0.1, 0.15) is 18.9 Å². The highest BCUT2D eigenvalue weighted by molar-refractivity contribution is 5.86. The van der Waals surface area contributed by atoms with Gasteiger partial charge in [0.25, 0.3) is 0 Å². The average molecular weight is 290 g/mol. The van der Waals surface area contributed by atoms with Gasteiger partial charge in [-0.05, 0) is 18.9 Å². The van der Waals surface area contributed by atoms with Gasteiger partial charge in [-0.3, -0.25) is 0 Å². The maximum atomic E-state index is 10.5. The lowest BCUT2D eigenvalue weighted by Crippen LogP contribution is -2.36. The molecular weight excluding hydrogens is 272 g/mol. The Balaban J connectivity index is 1.77. The smallest absolute Gasteiger partial charge is 0.145 e. The fourth-order valence-electron chi connectivity index (χ4n) is 3.77. The Morgan fingerprint density at radius 1 is 1.38 bits per heavy atom. The van der Waals surface area contributed by atoms with E-state index in [0.717, 1.165) is 11.8 Å². The molecule has 112 valence electrons.